The van der Waals surface area contributed by atoms with Crippen molar-refractivity contribution >= 4 is 5.97 Å². The molecule has 4 saturated carbocycles. The molecule has 5 aliphatic carbocycles. The summed E-state index contributed by atoms with van der Waals surface area (Å²) >= 11 is 0. The molecule has 0 unspecified atom stereocenters. The topological polar surface area (TPSA) is 236 Å². The van der Waals surface area contributed by atoms with Crippen LogP contribution < -0.4 is 0 Å². The van der Waals surface area contributed by atoms with Crippen molar-refractivity contribution in [3.05, 3.63) is 11.6 Å². The van der Waals surface area contributed by atoms with Crippen LogP contribution in [0.15, 0.2) is 11.6 Å². The number of carboxylic acid groups (broad SMARTS) is 1. The van der Waals surface area contributed by atoms with Gasteiger partial charge in [-0.15, -0.1) is 0 Å². The maximum absolute atomic E-state index is 13.1. The summed E-state index contributed by atoms with van der Waals surface area (Å²) in [6, 6.07) is 0. The Morgan fingerprint density at radius 2 is 1.36 bits per heavy atom. The number of aliphatic carboxylic acids is 1. The smallest absolute Gasteiger partial charge is 0.312 e. The molecular weight excluding hydrogens is 728 g/mol. The number of hydrogen-bond acceptors (Lipinski definition) is 13. The van der Waals surface area contributed by atoms with Gasteiger partial charge in [0.25, 0.3) is 0 Å². The normalized spacial score (nSPS) is 53.8. The van der Waals surface area contributed by atoms with E-state index in [9.17, 15) is 50.8 Å². The van der Waals surface area contributed by atoms with Crippen LogP contribution in [0, 0.1) is 50.2 Å². The summed E-state index contributed by atoms with van der Waals surface area (Å²) < 4.78 is 24.4. The average Bonchev–Trinajstić information content (AvgIpc) is 3.12. The highest BCUT2D eigenvalue weighted by molar-refractivity contribution is 5.77. The summed E-state index contributed by atoms with van der Waals surface area (Å²) in [6.45, 7) is 14.5. The first-order chi connectivity index (χ1) is 26.0. The van der Waals surface area contributed by atoms with E-state index in [4.69, 9.17) is 18.9 Å². The molecule has 2 aliphatic heterocycles. The van der Waals surface area contributed by atoms with Crippen LogP contribution in [0.3, 0.4) is 0 Å². The Morgan fingerprint density at radius 3 is 1.98 bits per heavy atom. The van der Waals surface area contributed by atoms with E-state index in [0.717, 1.165) is 38.5 Å². The molecule has 2 heterocycles. The highest BCUT2D eigenvalue weighted by Gasteiger charge is 2.71. The minimum atomic E-state index is -1.76. The lowest BCUT2D eigenvalue weighted by molar-refractivity contribution is -0.378. The highest BCUT2D eigenvalue weighted by Crippen LogP contribution is 2.76. The van der Waals surface area contributed by atoms with E-state index in [0.29, 0.717) is 19.3 Å². The van der Waals surface area contributed by atoms with Crippen LogP contribution in [0.2, 0.25) is 0 Å². The fourth-order valence-corrected chi connectivity index (χ4v) is 13.8. The van der Waals surface area contributed by atoms with E-state index in [2.05, 4.69) is 54.5 Å². The minimum absolute atomic E-state index is 0.0293. The van der Waals surface area contributed by atoms with Gasteiger partial charge in [0.2, 0.25) is 0 Å². The lowest BCUT2D eigenvalue weighted by Gasteiger charge is -2.71. The number of aliphatic hydroxyl groups is 8. The Bertz CT molecular complexity index is 1520. The lowest BCUT2D eigenvalue weighted by Crippen LogP contribution is -2.68. The molecule has 0 aromatic carbocycles. The van der Waals surface area contributed by atoms with E-state index < -0.39 is 104 Å². The number of rotatable bonds is 7. The van der Waals surface area contributed by atoms with Crippen LogP contribution in [0.1, 0.15) is 106 Å². The minimum Gasteiger partial charge on any atom is -0.481 e. The fraction of sp³-hybridized carbons (Fsp3) is 0.929. The second-order valence-corrected chi connectivity index (χ2v) is 20.8. The second kappa shape index (κ2) is 14.4. The van der Waals surface area contributed by atoms with E-state index in [-0.39, 0.29) is 39.4 Å². The van der Waals surface area contributed by atoms with Crippen molar-refractivity contribution in [2.45, 2.75) is 180 Å². The number of allylic oxidation sites excluding steroid dienone is 2. The van der Waals surface area contributed by atoms with Crippen molar-refractivity contribution in [1.82, 2.24) is 0 Å². The Kier molecular flexibility index (Phi) is 11.0. The zero-order valence-corrected chi connectivity index (χ0v) is 34.1. The van der Waals surface area contributed by atoms with Gasteiger partial charge in [-0.2, -0.15) is 0 Å². The van der Waals surface area contributed by atoms with E-state index in [1.54, 1.807) is 0 Å². The zero-order valence-electron chi connectivity index (χ0n) is 34.1. The molecule has 2 saturated heterocycles. The summed E-state index contributed by atoms with van der Waals surface area (Å²) in [5.74, 6) is -0.700. The molecule has 0 spiro atoms. The third-order valence-electron chi connectivity index (χ3n) is 17.3. The van der Waals surface area contributed by atoms with Crippen molar-refractivity contribution in [1.29, 1.82) is 0 Å². The molecule has 0 amide bonds. The number of ether oxygens (including phenoxy) is 4. The molecule has 0 bridgehead atoms. The molecule has 320 valence electrons. The SMILES string of the molecule is CC1(C)CC[C@]2(C(=O)O)[C@H](O)C[C@]3(C)C(=CC[C@@H]4[C@@]5(C)CC[C@H](O[C@@H]6O[C@H](CO)[C@@H](O)[C@H](O)[C@H]6O[C@@H]6O[C@H](CO)[C@@H](O)[C@H](O)[C@H]6O)C(C)(C)[C@@H]5CC[C@]43C)[C@@H]2C1. The molecule has 7 aliphatic rings. The Labute approximate surface area is 330 Å². The number of carboxylic acids is 1. The Morgan fingerprint density at radius 1 is 0.732 bits per heavy atom. The lowest BCUT2D eigenvalue weighted by atomic mass is 9.33. The van der Waals surface area contributed by atoms with Crippen molar-refractivity contribution in [2.24, 2.45) is 50.2 Å². The standard InChI is InChI=1S/C42H68O14/c1-37(2)14-15-42(36(51)52)21(16-37)20-8-9-25-39(5)12-11-27(38(3,4)24(39)10-13-40(25,6)41(20,7)17-26(42)45)55-35-33(31(49)29(47)23(19-44)54-35)56-34-32(50)30(48)28(46)22(18-43)53-34/h8,21-35,43-50H,9-19H2,1-7H3,(H,51,52)/t21-,22+,23+,24-,25+,26+,27-,28+,29+,30-,31-,32+,33+,34-,35-,39-,40+,41+,42+/m0/s1. The van der Waals surface area contributed by atoms with Crippen molar-refractivity contribution < 1.29 is 69.7 Å². The molecule has 9 N–H and O–H groups in total. The number of aliphatic hydroxyl groups excluding tert-OH is 8. The van der Waals surface area contributed by atoms with Gasteiger partial charge in [-0.1, -0.05) is 60.1 Å². The molecule has 0 aromatic heterocycles. The molecule has 0 radical (unpaired) electrons. The maximum Gasteiger partial charge on any atom is 0.312 e. The molecule has 14 nitrogen and oxygen atoms in total. The fourth-order valence-electron chi connectivity index (χ4n) is 13.8. The van der Waals surface area contributed by atoms with Gasteiger partial charge in [-0.3, -0.25) is 4.79 Å². The quantitative estimate of drug-likeness (QED) is 0.132. The molecule has 14 heteroatoms. The van der Waals surface area contributed by atoms with E-state index in [1.807, 2.05) is 0 Å². The number of carbonyl (C=O) groups is 1. The Hall–Kier alpha value is -1.27. The van der Waals surface area contributed by atoms with Gasteiger partial charge in [0.05, 0.1) is 25.4 Å². The predicted molar refractivity (Wildman–Crippen MR) is 199 cm³/mol. The van der Waals surface area contributed by atoms with Crippen LogP contribution >= 0.6 is 0 Å². The van der Waals surface area contributed by atoms with Crippen LogP contribution in [-0.2, 0) is 23.7 Å². The number of hydrogen-bond donors (Lipinski definition) is 9. The molecular formula is C42H68O14. The first kappa shape index (κ1) is 42.8. The van der Waals surface area contributed by atoms with Gasteiger partial charge in [0.15, 0.2) is 12.6 Å². The monoisotopic (exact) mass is 796 g/mol. The molecule has 7 rings (SSSR count). The highest BCUT2D eigenvalue weighted by atomic mass is 16.8. The van der Waals surface area contributed by atoms with E-state index >= 15 is 0 Å². The van der Waals surface area contributed by atoms with Gasteiger partial charge >= 0.3 is 5.97 Å². The van der Waals surface area contributed by atoms with Crippen LogP contribution in [-0.4, -0.2) is 139 Å². The van der Waals surface area contributed by atoms with Crippen LogP contribution in [0.5, 0.6) is 0 Å². The first-order valence-electron chi connectivity index (χ1n) is 20.9. The molecule has 19 atom stereocenters. The summed E-state index contributed by atoms with van der Waals surface area (Å²) in [4.78, 5) is 13.1. The first-order valence-corrected chi connectivity index (χ1v) is 20.9. The van der Waals surface area contributed by atoms with Crippen LogP contribution in [0.4, 0.5) is 0 Å². The summed E-state index contributed by atoms with van der Waals surface area (Å²) in [6.07, 6.45) is -7.89. The van der Waals surface area contributed by atoms with Gasteiger partial charge < -0.3 is 64.9 Å². The largest absolute Gasteiger partial charge is 0.481 e. The predicted octanol–water partition coefficient (Wildman–Crippen LogP) is 1.85. The van der Waals surface area contributed by atoms with Crippen molar-refractivity contribution in [3.8, 4) is 0 Å². The zero-order chi connectivity index (χ0) is 41.1. The average molecular weight is 797 g/mol. The Balaban J connectivity index is 1.16. The second-order valence-electron chi connectivity index (χ2n) is 20.8. The molecule has 6 fully saturated rings. The maximum atomic E-state index is 13.1. The summed E-state index contributed by atoms with van der Waals surface area (Å²) in [5, 5.41) is 96.1. The third-order valence-corrected chi connectivity index (χ3v) is 17.3. The van der Waals surface area contributed by atoms with Crippen molar-refractivity contribution in [3.63, 3.8) is 0 Å². The molecule has 56 heavy (non-hydrogen) atoms. The van der Waals surface area contributed by atoms with Gasteiger partial charge in [0.1, 0.15) is 54.2 Å². The third kappa shape index (κ3) is 6.13. The molecule has 0 aromatic rings. The number of fused-ring (bicyclic) bond motifs is 7. The van der Waals surface area contributed by atoms with Gasteiger partial charge in [0, 0.05) is 0 Å². The van der Waals surface area contributed by atoms with E-state index in [1.165, 1.54) is 5.57 Å². The van der Waals surface area contributed by atoms with Gasteiger partial charge in [-0.25, -0.2) is 0 Å². The summed E-state index contributed by atoms with van der Waals surface area (Å²) in [5.41, 5.74) is -1.17. The van der Waals surface area contributed by atoms with Gasteiger partial charge in [-0.05, 0) is 103 Å². The van der Waals surface area contributed by atoms with Crippen LogP contribution in [0.25, 0.3) is 0 Å². The summed E-state index contributed by atoms with van der Waals surface area (Å²) in [7, 11) is 0. The van der Waals surface area contributed by atoms with Crippen molar-refractivity contribution in [2.75, 3.05) is 13.2 Å².